The molecule has 6 heteroatoms. The zero-order chi connectivity index (χ0) is 13.8. The summed E-state index contributed by atoms with van der Waals surface area (Å²) in [4.78, 5) is 13.3. The topological polar surface area (TPSA) is 29.5 Å². The zero-order valence-corrected chi connectivity index (χ0v) is 10.9. The Morgan fingerprint density at radius 2 is 2.32 bits per heavy atom. The van der Waals surface area contributed by atoms with Crippen molar-refractivity contribution in [1.82, 2.24) is 0 Å². The van der Waals surface area contributed by atoms with Crippen LogP contribution >= 0.6 is 11.6 Å². The fraction of sp³-hybridized carbons (Fsp3) is 0.462. The van der Waals surface area contributed by atoms with Crippen LogP contribution in [0.15, 0.2) is 24.3 Å². The van der Waals surface area contributed by atoms with Gasteiger partial charge in [-0.1, -0.05) is 17.7 Å². The monoisotopic (exact) mass is 289 g/mol. The van der Waals surface area contributed by atoms with Gasteiger partial charge in [0.05, 0.1) is 6.54 Å². The minimum absolute atomic E-state index is 0.369. The second-order valence-electron chi connectivity index (χ2n) is 4.32. The summed E-state index contributed by atoms with van der Waals surface area (Å²) in [6, 6.07) is 6.33. The standard InChI is InChI=1S/C13H14ClF2NO2/c14-9-3-1-4-10(7-9)17(8-12(15)16)13(18)11-5-2-6-19-11/h1,3-4,7,11-12H,2,5-6,8H2/t11-/m1/s1. The highest BCUT2D eigenvalue weighted by molar-refractivity contribution is 6.30. The first-order valence-electron chi connectivity index (χ1n) is 6.04. The third-order valence-corrected chi connectivity index (χ3v) is 3.15. The number of rotatable bonds is 4. The van der Waals surface area contributed by atoms with Gasteiger partial charge in [0.15, 0.2) is 0 Å². The first-order chi connectivity index (χ1) is 9.08. The minimum Gasteiger partial charge on any atom is -0.368 e. The van der Waals surface area contributed by atoms with E-state index in [0.29, 0.717) is 23.7 Å². The third kappa shape index (κ3) is 3.64. The number of benzene rings is 1. The molecule has 104 valence electrons. The molecule has 1 aromatic carbocycles. The molecule has 2 rings (SSSR count). The molecule has 19 heavy (non-hydrogen) atoms. The molecule has 0 bridgehead atoms. The van der Waals surface area contributed by atoms with E-state index in [4.69, 9.17) is 16.3 Å². The Bertz CT molecular complexity index is 450. The summed E-state index contributed by atoms with van der Waals surface area (Å²) in [6.45, 7) is -0.159. The number of halogens is 3. The molecule has 1 fully saturated rings. The summed E-state index contributed by atoms with van der Waals surface area (Å²) in [5, 5.41) is 0.400. The molecular weight excluding hydrogens is 276 g/mol. The lowest BCUT2D eigenvalue weighted by atomic mass is 10.2. The summed E-state index contributed by atoms with van der Waals surface area (Å²) >= 11 is 5.83. The summed E-state index contributed by atoms with van der Waals surface area (Å²) in [7, 11) is 0. The molecule has 3 nitrogen and oxygen atoms in total. The van der Waals surface area contributed by atoms with Crippen molar-refractivity contribution in [3.05, 3.63) is 29.3 Å². The number of nitrogens with zero attached hydrogens (tertiary/aromatic N) is 1. The van der Waals surface area contributed by atoms with Gasteiger partial charge in [0.25, 0.3) is 12.3 Å². The SMILES string of the molecule is O=C([C@H]1CCCO1)N(CC(F)F)c1cccc(Cl)c1. The van der Waals surface area contributed by atoms with Gasteiger partial charge in [0.2, 0.25) is 0 Å². The summed E-state index contributed by atoms with van der Waals surface area (Å²) < 4.78 is 30.6. The number of anilines is 1. The van der Waals surface area contributed by atoms with Crippen molar-refractivity contribution in [1.29, 1.82) is 0 Å². The van der Waals surface area contributed by atoms with Gasteiger partial charge in [-0.3, -0.25) is 4.79 Å². The van der Waals surface area contributed by atoms with Crippen LogP contribution in [0.4, 0.5) is 14.5 Å². The van der Waals surface area contributed by atoms with Crippen molar-refractivity contribution >= 4 is 23.2 Å². The minimum atomic E-state index is -2.61. The Kier molecular flexibility index (Phi) is 4.71. The number of alkyl halides is 2. The highest BCUT2D eigenvalue weighted by Gasteiger charge is 2.30. The quantitative estimate of drug-likeness (QED) is 0.852. The van der Waals surface area contributed by atoms with E-state index >= 15 is 0 Å². The van der Waals surface area contributed by atoms with Gasteiger partial charge in [0, 0.05) is 17.3 Å². The van der Waals surface area contributed by atoms with E-state index in [9.17, 15) is 13.6 Å². The van der Waals surface area contributed by atoms with E-state index in [1.165, 1.54) is 6.07 Å². The van der Waals surface area contributed by atoms with Gasteiger partial charge >= 0.3 is 0 Å². The number of ether oxygens (including phenoxy) is 1. The summed E-state index contributed by atoms with van der Waals surface area (Å²) in [6.07, 6.45) is -1.89. The van der Waals surface area contributed by atoms with Crippen molar-refractivity contribution in [3.63, 3.8) is 0 Å². The van der Waals surface area contributed by atoms with Crippen LogP contribution in [0.1, 0.15) is 12.8 Å². The highest BCUT2D eigenvalue weighted by Crippen LogP contribution is 2.24. The Hall–Kier alpha value is -1.20. The van der Waals surface area contributed by atoms with Crippen LogP contribution in [0.2, 0.25) is 5.02 Å². The molecular formula is C13H14ClF2NO2. The molecule has 0 N–H and O–H groups in total. The maximum Gasteiger partial charge on any atom is 0.256 e. The van der Waals surface area contributed by atoms with Gasteiger partial charge in [-0.2, -0.15) is 0 Å². The molecule has 0 unspecified atom stereocenters. The lowest BCUT2D eigenvalue weighted by Crippen LogP contribution is -2.41. The molecule has 0 saturated carbocycles. The molecule has 0 radical (unpaired) electrons. The van der Waals surface area contributed by atoms with Crippen LogP contribution in [-0.4, -0.2) is 31.6 Å². The molecule has 1 saturated heterocycles. The lowest BCUT2D eigenvalue weighted by Gasteiger charge is -2.25. The predicted octanol–water partition coefficient (Wildman–Crippen LogP) is 3.12. The van der Waals surface area contributed by atoms with E-state index in [1.807, 2.05) is 0 Å². The molecule has 1 amide bonds. The van der Waals surface area contributed by atoms with Crippen molar-refractivity contribution in [3.8, 4) is 0 Å². The van der Waals surface area contributed by atoms with E-state index in [2.05, 4.69) is 0 Å². The lowest BCUT2D eigenvalue weighted by molar-refractivity contribution is -0.127. The van der Waals surface area contributed by atoms with E-state index in [0.717, 1.165) is 11.3 Å². The molecule has 1 aromatic rings. The second kappa shape index (κ2) is 6.30. The number of amides is 1. The zero-order valence-electron chi connectivity index (χ0n) is 10.2. The highest BCUT2D eigenvalue weighted by atomic mass is 35.5. The maximum atomic E-state index is 12.7. The second-order valence-corrected chi connectivity index (χ2v) is 4.76. The predicted molar refractivity (Wildman–Crippen MR) is 68.8 cm³/mol. The van der Waals surface area contributed by atoms with Gasteiger partial charge in [-0.05, 0) is 31.0 Å². The average Bonchev–Trinajstić information content (AvgIpc) is 2.88. The van der Waals surface area contributed by atoms with Gasteiger partial charge < -0.3 is 9.64 Å². The van der Waals surface area contributed by atoms with Crippen LogP contribution in [0.5, 0.6) is 0 Å². The van der Waals surface area contributed by atoms with E-state index < -0.39 is 25.0 Å². The number of carbonyl (C=O) groups excluding carboxylic acids is 1. The smallest absolute Gasteiger partial charge is 0.256 e. The largest absolute Gasteiger partial charge is 0.368 e. The fourth-order valence-corrected chi connectivity index (χ4v) is 2.24. The van der Waals surface area contributed by atoms with E-state index in [-0.39, 0.29) is 0 Å². The molecule has 0 spiro atoms. The molecule has 1 aliphatic rings. The van der Waals surface area contributed by atoms with Crippen LogP contribution in [0.3, 0.4) is 0 Å². The van der Waals surface area contributed by atoms with Crippen LogP contribution in [0, 0.1) is 0 Å². The maximum absolute atomic E-state index is 12.7. The van der Waals surface area contributed by atoms with Crippen molar-refractivity contribution in [2.45, 2.75) is 25.4 Å². The number of hydrogen-bond acceptors (Lipinski definition) is 2. The molecule has 0 aromatic heterocycles. The normalized spacial score (nSPS) is 18.8. The van der Waals surface area contributed by atoms with Gasteiger partial charge in [-0.15, -0.1) is 0 Å². The van der Waals surface area contributed by atoms with Crippen molar-refractivity contribution in [2.75, 3.05) is 18.1 Å². The van der Waals surface area contributed by atoms with Crippen LogP contribution in [0.25, 0.3) is 0 Å². The van der Waals surface area contributed by atoms with Gasteiger partial charge in [-0.25, -0.2) is 8.78 Å². The van der Waals surface area contributed by atoms with E-state index in [1.54, 1.807) is 18.2 Å². The van der Waals surface area contributed by atoms with Crippen LogP contribution in [-0.2, 0) is 9.53 Å². The first-order valence-corrected chi connectivity index (χ1v) is 6.42. The summed E-state index contributed by atoms with van der Waals surface area (Å²) in [5.74, 6) is -0.430. The Morgan fingerprint density at radius 3 is 2.89 bits per heavy atom. The van der Waals surface area contributed by atoms with Gasteiger partial charge in [0.1, 0.15) is 6.10 Å². The fourth-order valence-electron chi connectivity index (χ4n) is 2.05. The van der Waals surface area contributed by atoms with Crippen molar-refractivity contribution < 1.29 is 18.3 Å². The molecule has 1 aliphatic heterocycles. The Morgan fingerprint density at radius 1 is 1.53 bits per heavy atom. The first kappa shape index (κ1) is 14.2. The van der Waals surface area contributed by atoms with Crippen molar-refractivity contribution in [2.24, 2.45) is 0 Å². The summed E-state index contributed by atoms with van der Waals surface area (Å²) in [5.41, 5.74) is 0.369. The number of carbonyl (C=O) groups is 1. The molecule has 1 atom stereocenters. The molecule has 0 aliphatic carbocycles. The Balaban J connectivity index is 2.22. The average molecular weight is 290 g/mol. The molecule has 1 heterocycles. The third-order valence-electron chi connectivity index (χ3n) is 2.91. The number of hydrogen-bond donors (Lipinski definition) is 0. The Labute approximate surface area is 115 Å². The van der Waals surface area contributed by atoms with Crippen LogP contribution < -0.4 is 4.90 Å².